The number of hydrogen-bond donors (Lipinski definition) is 1. The molecule has 0 aliphatic heterocycles. The fraction of sp³-hybridized carbons (Fsp3) is 0.333. The lowest BCUT2D eigenvalue weighted by Crippen LogP contribution is -2.31. The van der Waals surface area contributed by atoms with Crippen LogP contribution in [-0.4, -0.2) is 32.7 Å². The Hall–Kier alpha value is -3.48. The van der Waals surface area contributed by atoms with Crippen LogP contribution >= 0.6 is 0 Å². The molecule has 1 amide bonds. The maximum Gasteiger partial charge on any atom is 0.310 e. The molecule has 0 saturated heterocycles. The summed E-state index contributed by atoms with van der Waals surface area (Å²) in [7, 11) is 3.13. The van der Waals surface area contributed by atoms with Gasteiger partial charge in [0.2, 0.25) is 0 Å². The van der Waals surface area contributed by atoms with Crippen molar-refractivity contribution in [3.63, 3.8) is 0 Å². The van der Waals surface area contributed by atoms with Gasteiger partial charge >= 0.3 is 5.97 Å². The third-order valence-electron chi connectivity index (χ3n) is 5.32. The molecule has 0 fully saturated rings. The van der Waals surface area contributed by atoms with E-state index in [9.17, 15) is 9.59 Å². The van der Waals surface area contributed by atoms with Gasteiger partial charge in [0.25, 0.3) is 5.91 Å². The highest BCUT2D eigenvalue weighted by molar-refractivity contribution is 5.89. The zero-order valence-electron chi connectivity index (χ0n) is 18.4. The van der Waals surface area contributed by atoms with E-state index < -0.39 is 11.9 Å². The highest BCUT2D eigenvalue weighted by Crippen LogP contribution is 2.29. The fourth-order valence-corrected chi connectivity index (χ4v) is 3.42. The van der Waals surface area contributed by atoms with Crippen LogP contribution in [0.25, 0.3) is 11.0 Å². The number of esters is 1. The average Bonchev–Trinajstić information content (AvgIpc) is 3.17. The van der Waals surface area contributed by atoms with Crippen LogP contribution in [0.3, 0.4) is 0 Å². The van der Waals surface area contributed by atoms with Crippen LogP contribution in [0.2, 0.25) is 0 Å². The number of fused-ring (bicyclic) bond motifs is 1. The van der Waals surface area contributed by atoms with Gasteiger partial charge in [0, 0.05) is 16.5 Å². The molecular formula is C24H27NO6. The number of rotatable bonds is 8. The molecular weight excluding hydrogens is 398 g/mol. The number of methoxy groups -OCH3 is 2. The number of amides is 1. The van der Waals surface area contributed by atoms with Crippen molar-refractivity contribution < 1.29 is 28.2 Å². The molecule has 0 aliphatic carbocycles. The molecule has 1 N–H and O–H groups in total. The van der Waals surface area contributed by atoms with Gasteiger partial charge in [0.05, 0.1) is 32.9 Å². The lowest BCUT2D eigenvalue weighted by atomic mass is 10.0. The van der Waals surface area contributed by atoms with Crippen LogP contribution in [0.15, 0.2) is 41.0 Å². The number of benzene rings is 2. The topological polar surface area (TPSA) is 87.0 Å². The van der Waals surface area contributed by atoms with Gasteiger partial charge < -0.3 is 23.9 Å². The molecule has 0 radical (unpaired) electrons. The van der Waals surface area contributed by atoms with E-state index in [0.29, 0.717) is 11.5 Å². The van der Waals surface area contributed by atoms with Crippen LogP contribution in [0, 0.1) is 13.8 Å². The molecule has 0 unspecified atom stereocenters. The minimum atomic E-state index is -0.498. The molecule has 7 nitrogen and oxygen atoms in total. The molecule has 0 aliphatic rings. The molecule has 0 saturated carbocycles. The Balaban J connectivity index is 1.57. The first kappa shape index (κ1) is 22.2. The lowest BCUT2D eigenvalue weighted by molar-refractivity contribution is -0.148. The van der Waals surface area contributed by atoms with E-state index >= 15 is 0 Å². The third kappa shape index (κ3) is 4.99. The molecule has 7 heteroatoms. The predicted molar refractivity (Wildman–Crippen MR) is 116 cm³/mol. The SMILES string of the molecule is COc1ccc(OC)c([C@H](C)NC(=O)COC(=O)Cc2coc3c(C)c(C)ccc23)c1. The van der Waals surface area contributed by atoms with Crippen molar-refractivity contribution in [1.82, 2.24) is 5.32 Å². The zero-order valence-corrected chi connectivity index (χ0v) is 18.4. The summed E-state index contributed by atoms with van der Waals surface area (Å²) in [6.07, 6.45) is 1.59. The largest absolute Gasteiger partial charge is 0.497 e. The van der Waals surface area contributed by atoms with E-state index in [2.05, 4.69) is 5.32 Å². The summed E-state index contributed by atoms with van der Waals surface area (Å²) in [6, 6.07) is 8.91. The number of furan rings is 1. The normalized spacial score (nSPS) is 11.8. The van der Waals surface area contributed by atoms with Crippen LogP contribution in [-0.2, 0) is 20.7 Å². The molecule has 1 atom stereocenters. The Labute approximate surface area is 181 Å². The summed E-state index contributed by atoms with van der Waals surface area (Å²) in [5.74, 6) is 0.376. The first-order chi connectivity index (χ1) is 14.8. The first-order valence-corrected chi connectivity index (χ1v) is 9.97. The average molecular weight is 425 g/mol. The van der Waals surface area contributed by atoms with Gasteiger partial charge in [0.1, 0.15) is 17.1 Å². The van der Waals surface area contributed by atoms with Crippen LogP contribution in [0.4, 0.5) is 0 Å². The molecule has 1 heterocycles. The maximum absolute atomic E-state index is 12.3. The molecule has 3 rings (SSSR count). The van der Waals surface area contributed by atoms with Crippen LogP contribution < -0.4 is 14.8 Å². The zero-order chi connectivity index (χ0) is 22.5. The molecule has 31 heavy (non-hydrogen) atoms. The van der Waals surface area contributed by atoms with E-state index in [-0.39, 0.29) is 19.1 Å². The number of aryl methyl sites for hydroxylation is 2. The second kappa shape index (κ2) is 9.55. The van der Waals surface area contributed by atoms with Crippen molar-refractivity contribution >= 4 is 22.8 Å². The summed E-state index contributed by atoms with van der Waals surface area (Å²) in [5, 5.41) is 3.69. The van der Waals surface area contributed by atoms with Crippen molar-refractivity contribution in [2.45, 2.75) is 33.2 Å². The molecule has 0 spiro atoms. The molecule has 0 bridgehead atoms. The second-order valence-corrected chi connectivity index (χ2v) is 7.38. The van der Waals surface area contributed by atoms with Gasteiger partial charge in [-0.25, -0.2) is 0 Å². The van der Waals surface area contributed by atoms with Crippen LogP contribution in [0.5, 0.6) is 11.5 Å². The van der Waals surface area contributed by atoms with E-state index in [0.717, 1.165) is 33.2 Å². The first-order valence-electron chi connectivity index (χ1n) is 9.97. The summed E-state index contributed by atoms with van der Waals surface area (Å²) in [5.41, 5.74) is 4.42. The van der Waals surface area contributed by atoms with Gasteiger partial charge in [-0.2, -0.15) is 0 Å². The number of nitrogens with one attached hydrogen (secondary N) is 1. The maximum atomic E-state index is 12.3. The Morgan fingerprint density at radius 2 is 1.87 bits per heavy atom. The van der Waals surface area contributed by atoms with Gasteiger partial charge in [-0.3, -0.25) is 9.59 Å². The number of carbonyl (C=O) groups excluding carboxylic acids is 2. The Kier molecular flexibility index (Phi) is 6.84. The fourth-order valence-electron chi connectivity index (χ4n) is 3.42. The van der Waals surface area contributed by atoms with Gasteiger partial charge in [-0.05, 0) is 50.1 Å². The quantitative estimate of drug-likeness (QED) is 0.549. The number of carbonyl (C=O) groups is 2. The van der Waals surface area contributed by atoms with E-state index in [4.69, 9.17) is 18.6 Å². The summed E-state index contributed by atoms with van der Waals surface area (Å²) >= 11 is 0. The molecule has 1 aromatic heterocycles. The third-order valence-corrected chi connectivity index (χ3v) is 5.32. The van der Waals surface area contributed by atoms with Crippen molar-refractivity contribution in [3.8, 4) is 11.5 Å². The van der Waals surface area contributed by atoms with E-state index in [1.165, 1.54) is 0 Å². The van der Waals surface area contributed by atoms with Gasteiger partial charge in [-0.1, -0.05) is 12.1 Å². The summed E-state index contributed by atoms with van der Waals surface area (Å²) in [6.45, 7) is 5.43. The van der Waals surface area contributed by atoms with Gasteiger partial charge in [0.15, 0.2) is 6.61 Å². The smallest absolute Gasteiger partial charge is 0.310 e. The van der Waals surface area contributed by atoms with Crippen molar-refractivity contribution in [1.29, 1.82) is 0 Å². The highest BCUT2D eigenvalue weighted by atomic mass is 16.5. The predicted octanol–water partition coefficient (Wildman–Crippen LogP) is 4.03. The second-order valence-electron chi connectivity index (χ2n) is 7.38. The Bertz CT molecular complexity index is 1100. The Morgan fingerprint density at radius 1 is 1.10 bits per heavy atom. The minimum Gasteiger partial charge on any atom is -0.497 e. The monoisotopic (exact) mass is 425 g/mol. The minimum absolute atomic E-state index is 0.0298. The number of hydrogen-bond acceptors (Lipinski definition) is 6. The van der Waals surface area contributed by atoms with Crippen LogP contribution in [0.1, 0.15) is 35.2 Å². The van der Waals surface area contributed by atoms with Crippen molar-refractivity contribution in [2.24, 2.45) is 0 Å². The standard InChI is InChI=1S/C24H27NO6/c1-14-6-8-19-17(12-31-24(19)15(14)2)10-23(27)30-13-22(26)25-16(3)20-11-18(28-4)7-9-21(20)29-5/h6-9,11-12,16H,10,13H2,1-5H3,(H,25,26)/t16-/m0/s1. The van der Waals surface area contributed by atoms with E-state index in [1.54, 1.807) is 38.7 Å². The van der Waals surface area contributed by atoms with Gasteiger partial charge in [-0.15, -0.1) is 0 Å². The summed E-state index contributed by atoms with van der Waals surface area (Å²) in [4.78, 5) is 24.6. The number of ether oxygens (including phenoxy) is 3. The molecule has 2 aromatic carbocycles. The molecule has 3 aromatic rings. The van der Waals surface area contributed by atoms with E-state index in [1.807, 2.05) is 32.9 Å². The lowest BCUT2D eigenvalue weighted by Gasteiger charge is -2.18. The Morgan fingerprint density at radius 3 is 2.58 bits per heavy atom. The highest BCUT2D eigenvalue weighted by Gasteiger charge is 2.18. The summed E-state index contributed by atoms with van der Waals surface area (Å²) < 4.78 is 21.4. The van der Waals surface area contributed by atoms with Crippen molar-refractivity contribution in [3.05, 3.63) is 58.8 Å². The molecule has 164 valence electrons. The van der Waals surface area contributed by atoms with Crippen molar-refractivity contribution in [2.75, 3.05) is 20.8 Å².